The zero-order valence-corrected chi connectivity index (χ0v) is 14.9. The minimum absolute atomic E-state index is 0.0199. The van der Waals surface area contributed by atoms with Gasteiger partial charge in [-0.15, -0.1) is 0 Å². The first-order valence-corrected chi connectivity index (χ1v) is 8.99. The predicted octanol–water partition coefficient (Wildman–Crippen LogP) is 4.25. The van der Waals surface area contributed by atoms with E-state index in [1.54, 1.807) is 0 Å². The summed E-state index contributed by atoms with van der Waals surface area (Å²) in [5.41, 5.74) is 0.898. The molecule has 0 bridgehead atoms. The first kappa shape index (κ1) is 18.3. The quantitative estimate of drug-likeness (QED) is 0.725. The van der Waals surface area contributed by atoms with Crippen molar-refractivity contribution >= 4 is 23.0 Å². The van der Waals surface area contributed by atoms with Crippen molar-refractivity contribution in [3.05, 3.63) is 59.7 Å². The largest absolute Gasteiger partial charge is 0.423 e. The number of para-hydroxylation sites is 2. The second-order valence-corrected chi connectivity index (χ2v) is 6.74. The van der Waals surface area contributed by atoms with E-state index < -0.39 is 17.6 Å². The second kappa shape index (κ2) is 7.18. The van der Waals surface area contributed by atoms with Gasteiger partial charge in [-0.25, -0.2) is 0 Å². The Morgan fingerprint density at radius 1 is 1.18 bits per heavy atom. The van der Waals surface area contributed by atoms with E-state index in [0.29, 0.717) is 18.1 Å². The number of nitrogens with one attached hydrogen (secondary N) is 1. The van der Waals surface area contributed by atoms with E-state index in [9.17, 15) is 18.0 Å². The van der Waals surface area contributed by atoms with Crippen LogP contribution in [0.15, 0.2) is 52.9 Å². The van der Waals surface area contributed by atoms with E-state index in [-0.39, 0.29) is 11.6 Å². The Morgan fingerprint density at radius 2 is 1.93 bits per heavy atom. The lowest BCUT2D eigenvalue weighted by Gasteiger charge is -2.23. The fourth-order valence-corrected chi connectivity index (χ4v) is 3.41. The van der Waals surface area contributed by atoms with Crippen molar-refractivity contribution in [3.63, 3.8) is 0 Å². The van der Waals surface area contributed by atoms with Gasteiger partial charge < -0.3 is 14.6 Å². The molecule has 28 heavy (non-hydrogen) atoms. The van der Waals surface area contributed by atoms with Crippen molar-refractivity contribution in [3.8, 4) is 0 Å². The molecule has 5 nitrogen and oxygen atoms in total. The molecule has 1 aromatic heterocycles. The molecular weight excluding hydrogens is 371 g/mol. The summed E-state index contributed by atoms with van der Waals surface area (Å²) in [5.74, 6) is -0.405. The number of carbonyl (C=O) groups is 1. The highest BCUT2D eigenvalue weighted by Gasteiger charge is 2.31. The molecule has 1 atom stereocenters. The molecule has 0 aliphatic carbocycles. The minimum Gasteiger partial charge on any atom is -0.423 e. The first-order chi connectivity index (χ1) is 13.4. The van der Waals surface area contributed by atoms with Crippen molar-refractivity contribution in [2.45, 2.75) is 25.1 Å². The zero-order valence-electron chi connectivity index (χ0n) is 14.9. The van der Waals surface area contributed by atoms with Gasteiger partial charge in [0.1, 0.15) is 5.52 Å². The number of fused-ring (bicyclic) bond motifs is 1. The van der Waals surface area contributed by atoms with E-state index in [1.807, 2.05) is 29.2 Å². The number of hydrogen-bond donors (Lipinski definition) is 1. The molecule has 8 heteroatoms. The highest BCUT2D eigenvalue weighted by Crippen LogP contribution is 2.29. The molecular formula is C20H18F3N3O2. The van der Waals surface area contributed by atoms with E-state index in [1.165, 1.54) is 12.1 Å². The Bertz CT molecular complexity index is 949. The van der Waals surface area contributed by atoms with Gasteiger partial charge in [-0.1, -0.05) is 12.1 Å². The zero-order chi connectivity index (χ0) is 19.7. The topological polar surface area (TPSA) is 58.4 Å². The van der Waals surface area contributed by atoms with E-state index in [0.717, 1.165) is 37.0 Å². The number of halogens is 3. The van der Waals surface area contributed by atoms with Crippen LogP contribution in [-0.4, -0.2) is 30.0 Å². The maximum absolute atomic E-state index is 12.6. The third-order valence-electron chi connectivity index (χ3n) is 4.88. The fraction of sp³-hybridized carbons (Fsp3) is 0.300. The van der Waals surface area contributed by atoms with Crippen molar-refractivity contribution in [1.29, 1.82) is 0 Å². The number of benzene rings is 2. The standard InChI is InChI=1S/C20H18F3N3O2/c21-20(22,23)14-9-7-13(8-10-14)18(27)24-12-15-4-3-11-26(15)19-25-16-5-1-2-6-17(16)28-19/h1-2,5-10,15H,3-4,11-12H2,(H,24,27). The van der Waals surface area contributed by atoms with Crippen molar-refractivity contribution in [1.82, 2.24) is 10.3 Å². The number of amides is 1. The Balaban J connectivity index is 1.41. The molecule has 2 heterocycles. The van der Waals surface area contributed by atoms with Crippen LogP contribution in [0.4, 0.5) is 19.2 Å². The molecule has 4 rings (SSSR count). The van der Waals surface area contributed by atoms with Gasteiger partial charge in [0, 0.05) is 18.7 Å². The lowest BCUT2D eigenvalue weighted by atomic mass is 10.1. The third-order valence-corrected chi connectivity index (χ3v) is 4.88. The molecule has 0 spiro atoms. The van der Waals surface area contributed by atoms with Gasteiger partial charge >= 0.3 is 6.18 Å². The van der Waals surface area contributed by atoms with Crippen LogP contribution in [0.1, 0.15) is 28.8 Å². The number of nitrogens with zero attached hydrogens (tertiary/aromatic N) is 2. The maximum atomic E-state index is 12.6. The number of oxazole rings is 1. The van der Waals surface area contributed by atoms with E-state index in [2.05, 4.69) is 10.3 Å². The van der Waals surface area contributed by atoms with Gasteiger partial charge in [-0.2, -0.15) is 18.2 Å². The Hall–Kier alpha value is -3.03. The van der Waals surface area contributed by atoms with Gasteiger partial charge in [0.2, 0.25) is 0 Å². The highest BCUT2D eigenvalue weighted by molar-refractivity contribution is 5.94. The van der Waals surface area contributed by atoms with Gasteiger partial charge in [0.15, 0.2) is 5.58 Å². The molecule has 1 aliphatic rings. The lowest BCUT2D eigenvalue weighted by molar-refractivity contribution is -0.137. The Morgan fingerprint density at radius 3 is 2.64 bits per heavy atom. The number of carbonyl (C=O) groups excluding carboxylic acids is 1. The molecule has 0 saturated carbocycles. The maximum Gasteiger partial charge on any atom is 0.416 e. The average Bonchev–Trinajstić information content (AvgIpc) is 3.31. The van der Waals surface area contributed by atoms with Crippen LogP contribution in [0.5, 0.6) is 0 Å². The van der Waals surface area contributed by atoms with Crippen molar-refractivity contribution in [2.75, 3.05) is 18.0 Å². The van der Waals surface area contributed by atoms with Crippen LogP contribution in [-0.2, 0) is 6.18 Å². The van der Waals surface area contributed by atoms with Gasteiger partial charge in [-0.05, 0) is 49.2 Å². The van der Waals surface area contributed by atoms with Crippen molar-refractivity contribution < 1.29 is 22.4 Å². The molecule has 0 radical (unpaired) electrons. The number of rotatable bonds is 4. The van der Waals surface area contributed by atoms with Crippen LogP contribution in [0.3, 0.4) is 0 Å². The molecule has 2 aromatic carbocycles. The SMILES string of the molecule is O=C(NCC1CCCN1c1nc2ccccc2o1)c1ccc(C(F)(F)F)cc1. The number of hydrogen-bond acceptors (Lipinski definition) is 4. The van der Waals surface area contributed by atoms with Crippen LogP contribution in [0, 0.1) is 0 Å². The monoisotopic (exact) mass is 389 g/mol. The molecule has 1 N–H and O–H groups in total. The summed E-state index contributed by atoms with van der Waals surface area (Å²) in [6.45, 7) is 1.13. The summed E-state index contributed by atoms with van der Waals surface area (Å²) in [6, 6.07) is 12.2. The second-order valence-electron chi connectivity index (χ2n) is 6.74. The molecule has 1 fully saturated rings. The van der Waals surface area contributed by atoms with Gasteiger partial charge in [-0.3, -0.25) is 4.79 Å². The van der Waals surface area contributed by atoms with Gasteiger partial charge in [0.05, 0.1) is 11.6 Å². The fourth-order valence-electron chi connectivity index (χ4n) is 3.41. The van der Waals surface area contributed by atoms with Crippen LogP contribution >= 0.6 is 0 Å². The molecule has 1 amide bonds. The number of aromatic nitrogens is 1. The summed E-state index contributed by atoms with van der Waals surface area (Å²) in [6.07, 6.45) is -2.61. The number of alkyl halides is 3. The predicted molar refractivity (Wildman–Crippen MR) is 98.2 cm³/mol. The van der Waals surface area contributed by atoms with Crippen LogP contribution < -0.4 is 10.2 Å². The average molecular weight is 389 g/mol. The smallest absolute Gasteiger partial charge is 0.416 e. The highest BCUT2D eigenvalue weighted by atomic mass is 19.4. The van der Waals surface area contributed by atoms with E-state index >= 15 is 0 Å². The molecule has 1 unspecified atom stereocenters. The van der Waals surface area contributed by atoms with E-state index in [4.69, 9.17) is 4.42 Å². The Labute approximate surface area is 159 Å². The molecule has 1 aliphatic heterocycles. The summed E-state index contributed by atoms with van der Waals surface area (Å²) >= 11 is 0. The van der Waals surface area contributed by atoms with Gasteiger partial charge in [0.25, 0.3) is 11.9 Å². The molecule has 1 saturated heterocycles. The third kappa shape index (κ3) is 3.67. The van der Waals surface area contributed by atoms with Crippen LogP contribution in [0.25, 0.3) is 11.1 Å². The minimum atomic E-state index is -4.42. The molecule has 146 valence electrons. The summed E-state index contributed by atoms with van der Waals surface area (Å²) in [4.78, 5) is 18.8. The normalized spacial score (nSPS) is 17.2. The number of anilines is 1. The summed E-state index contributed by atoms with van der Waals surface area (Å²) < 4.78 is 43.7. The summed E-state index contributed by atoms with van der Waals surface area (Å²) in [5, 5.41) is 2.80. The van der Waals surface area contributed by atoms with Crippen molar-refractivity contribution in [2.24, 2.45) is 0 Å². The molecule has 3 aromatic rings. The lowest BCUT2D eigenvalue weighted by Crippen LogP contribution is -2.40. The van der Waals surface area contributed by atoms with Crippen LogP contribution in [0.2, 0.25) is 0 Å². The first-order valence-electron chi connectivity index (χ1n) is 8.99. The summed E-state index contributed by atoms with van der Waals surface area (Å²) in [7, 11) is 0. The Kier molecular flexibility index (Phi) is 4.70.